The molecule has 1 aliphatic rings. The molecule has 0 spiro atoms. The molecule has 1 saturated carbocycles. The summed E-state index contributed by atoms with van der Waals surface area (Å²) in [7, 11) is 0. The fourth-order valence-electron chi connectivity index (χ4n) is 2.83. The molecule has 7 nitrogen and oxygen atoms in total. The maximum Gasteiger partial charge on any atom is 0.231 e. The zero-order valence-corrected chi connectivity index (χ0v) is 13.7. The maximum absolute atomic E-state index is 13.0. The van der Waals surface area contributed by atoms with Crippen LogP contribution in [0.2, 0.25) is 0 Å². The molecule has 132 valence electrons. The lowest BCUT2D eigenvalue weighted by atomic mass is 10.1. The van der Waals surface area contributed by atoms with Gasteiger partial charge in [-0.25, -0.2) is 14.4 Å². The highest BCUT2D eigenvalue weighted by molar-refractivity contribution is 5.98. The van der Waals surface area contributed by atoms with Gasteiger partial charge >= 0.3 is 0 Å². The minimum atomic E-state index is -1.07. The number of nitrogen functional groups attached to an aromatic ring is 1. The molecule has 26 heavy (non-hydrogen) atoms. The van der Waals surface area contributed by atoms with E-state index in [2.05, 4.69) is 20.3 Å². The van der Waals surface area contributed by atoms with Crippen molar-refractivity contribution in [2.75, 3.05) is 11.1 Å². The summed E-state index contributed by atoms with van der Waals surface area (Å²) in [6.45, 7) is -0.152. The van der Waals surface area contributed by atoms with Gasteiger partial charge in [0, 0.05) is 29.5 Å². The van der Waals surface area contributed by atoms with Crippen molar-refractivity contribution in [2.45, 2.75) is 19.2 Å². The summed E-state index contributed by atoms with van der Waals surface area (Å²) in [4.78, 5) is 24.5. The van der Waals surface area contributed by atoms with Gasteiger partial charge in [-0.15, -0.1) is 0 Å². The lowest BCUT2D eigenvalue weighted by Gasteiger charge is -2.10. The normalized spacial score (nSPS) is 18.7. The molecule has 8 heteroatoms. The molecule has 2 atom stereocenters. The molecule has 3 heterocycles. The van der Waals surface area contributed by atoms with Gasteiger partial charge in [0.2, 0.25) is 5.91 Å². The lowest BCUT2D eigenvalue weighted by Crippen LogP contribution is -2.15. The summed E-state index contributed by atoms with van der Waals surface area (Å²) in [5.74, 6) is -0.358. The number of halogens is 1. The predicted molar refractivity (Wildman–Crippen MR) is 94.7 cm³/mol. The van der Waals surface area contributed by atoms with E-state index in [4.69, 9.17) is 5.73 Å². The summed E-state index contributed by atoms with van der Waals surface area (Å²) in [6.07, 6.45) is 3.91. The van der Waals surface area contributed by atoms with Crippen molar-refractivity contribution in [3.8, 4) is 11.3 Å². The highest BCUT2D eigenvalue weighted by atomic mass is 19.1. The summed E-state index contributed by atoms with van der Waals surface area (Å²) >= 11 is 0. The topological polar surface area (TPSA) is 114 Å². The van der Waals surface area contributed by atoms with Crippen LogP contribution in [0.1, 0.15) is 12.0 Å². The van der Waals surface area contributed by atoms with Crippen molar-refractivity contribution in [1.82, 2.24) is 15.0 Å². The van der Waals surface area contributed by atoms with E-state index < -0.39 is 12.1 Å². The number of nitrogens with one attached hydrogen (secondary N) is 1. The third-order valence-corrected chi connectivity index (χ3v) is 4.40. The van der Waals surface area contributed by atoms with Gasteiger partial charge in [-0.3, -0.25) is 9.78 Å². The quantitative estimate of drug-likeness (QED) is 0.661. The average Bonchev–Trinajstić information content (AvgIpc) is 3.38. The number of pyridine rings is 3. The summed E-state index contributed by atoms with van der Waals surface area (Å²) < 4.78 is 13.0. The lowest BCUT2D eigenvalue weighted by molar-refractivity contribution is -0.117. The van der Waals surface area contributed by atoms with Crippen LogP contribution in [0.15, 0.2) is 36.8 Å². The minimum absolute atomic E-state index is 0.152. The van der Waals surface area contributed by atoms with Crippen molar-refractivity contribution in [2.24, 2.45) is 5.92 Å². The van der Waals surface area contributed by atoms with E-state index in [1.54, 1.807) is 30.6 Å². The molecular formula is C18H16FN5O2. The van der Waals surface area contributed by atoms with E-state index in [0.717, 1.165) is 5.39 Å². The van der Waals surface area contributed by atoms with Crippen LogP contribution in [0.5, 0.6) is 0 Å². The third kappa shape index (κ3) is 2.95. The molecule has 1 fully saturated rings. The first-order valence-corrected chi connectivity index (χ1v) is 8.12. The number of anilines is 2. The van der Waals surface area contributed by atoms with Crippen LogP contribution in [0.3, 0.4) is 0 Å². The molecule has 0 bridgehead atoms. The van der Waals surface area contributed by atoms with Gasteiger partial charge in [0.15, 0.2) is 0 Å². The number of amides is 1. The number of aliphatic hydroxyl groups is 1. The first-order valence-electron chi connectivity index (χ1n) is 8.12. The van der Waals surface area contributed by atoms with E-state index in [1.807, 2.05) is 0 Å². The molecule has 1 amide bonds. The third-order valence-electron chi connectivity index (χ3n) is 4.40. The number of nitrogens with two attached hydrogens (primary N) is 1. The zero-order chi connectivity index (χ0) is 18.3. The Morgan fingerprint density at radius 2 is 2.19 bits per heavy atom. The smallest absolute Gasteiger partial charge is 0.231 e. The van der Waals surface area contributed by atoms with Gasteiger partial charge in [0.05, 0.1) is 18.2 Å². The summed E-state index contributed by atoms with van der Waals surface area (Å²) in [5, 5.41) is 13.5. The zero-order valence-electron chi connectivity index (χ0n) is 13.7. The Balaban J connectivity index is 1.73. The maximum atomic E-state index is 13.0. The number of aliphatic hydroxyl groups excluding tert-OH is 1. The van der Waals surface area contributed by atoms with Crippen LogP contribution in [-0.2, 0) is 11.4 Å². The number of rotatable bonds is 4. The fraction of sp³-hybridized carbons (Fsp3) is 0.222. The Hall–Kier alpha value is -3.13. The van der Waals surface area contributed by atoms with E-state index >= 15 is 0 Å². The van der Waals surface area contributed by atoms with Crippen LogP contribution in [-0.4, -0.2) is 32.1 Å². The second-order valence-corrected chi connectivity index (χ2v) is 6.22. The van der Waals surface area contributed by atoms with Crippen molar-refractivity contribution in [3.63, 3.8) is 0 Å². The molecule has 1 aliphatic carbocycles. The molecule has 4 rings (SSSR count). The number of carbonyl (C=O) groups is 1. The minimum Gasteiger partial charge on any atom is -0.392 e. The second kappa shape index (κ2) is 6.30. The van der Waals surface area contributed by atoms with Crippen LogP contribution >= 0.6 is 0 Å². The Bertz CT molecular complexity index is 1010. The van der Waals surface area contributed by atoms with Crippen LogP contribution in [0.4, 0.5) is 16.0 Å². The van der Waals surface area contributed by atoms with Gasteiger partial charge < -0.3 is 16.2 Å². The molecule has 0 saturated heterocycles. The van der Waals surface area contributed by atoms with Crippen LogP contribution < -0.4 is 11.1 Å². The number of aromatic nitrogens is 3. The number of nitrogens with zero attached hydrogens (tertiary/aromatic N) is 3. The molecule has 4 N–H and O–H groups in total. The van der Waals surface area contributed by atoms with Gasteiger partial charge in [-0.05, 0) is 35.6 Å². The Kier molecular flexibility index (Phi) is 3.96. The highest BCUT2D eigenvalue weighted by Crippen LogP contribution is 2.35. The second-order valence-electron chi connectivity index (χ2n) is 6.22. The molecule has 3 aromatic heterocycles. The molecular weight excluding hydrogens is 337 g/mol. The number of alkyl halides is 1. The monoisotopic (exact) mass is 353 g/mol. The molecule has 0 aliphatic heterocycles. The van der Waals surface area contributed by atoms with Gasteiger partial charge in [0.25, 0.3) is 0 Å². The SMILES string of the molecule is Nc1nc(-c2cnccc2CO)cc2cc(NC(=O)[C@@H]3C[C@@H]3F)ncc12. The Labute approximate surface area is 148 Å². The van der Waals surface area contributed by atoms with Crippen molar-refractivity contribution in [1.29, 1.82) is 0 Å². The van der Waals surface area contributed by atoms with Gasteiger partial charge in [-0.1, -0.05) is 0 Å². The first kappa shape index (κ1) is 16.3. The highest BCUT2D eigenvalue weighted by Gasteiger charge is 2.43. The van der Waals surface area contributed by atoms with Gasteiger partial charge in [0.1, 0.15) is 17.8 Å². The van der Waals surface area contributed by atoms with Crippen molar-refractivity contribution in [3.05, 3.63) is 42.4 Å². The van der Waals surface area contributed by atoms with Crippen molar-refractivity contribution >= 4 is 28.3 Å². The van der Waals surface area contributed by atoms with Gasteiger partial charge in [-0.2, -0.15) is 0 Å². The van der Waals surface area contributed by atoms with E-state index in [1.165, 1.54) is 6.20 Å². The number of fused-ring (bicyclic) bond motifs is 1. The molecule has 0 aromatic carbocycles. The molecule has 3 aromatic rings. The predicted octanol–water partition coefficient (Wildman–Crippen LogP) is 2.06. The number of hydrogen-bond acceptors (Lipinski definition) is 6. The standard InChI is InChI=1S/C18H16FN5O2/c19-14-5-11(14)18(26)24-16-4-10-3-15(23-17(20)13(10)7-22-16)12-6-21-2-1-9(12)8-25/h1-4,6-7,11,14,25H,5,8H2,(H2,20,23)(H,22,24,26)/t11-,14+/m1/s1. The summed E-state index contributed by atoms with van der Waals surface area (Å²) in [5.41, 5.74) is 7.95. The van der Waals surface area contributed by atoms with Crippen molar-refractivity contribution < 1.29 is 14.3 Å². The van der Waals surface area contributed by atoms with E-state index in [9.17, 15) is 14.3 Å². The fourth-order valence-corrected chi connectivity index (χ4v) is 2.83. The number of hydrogen-bond donors (Lipinski definition) is 3. The first-order chi connectivity index (χ1) is 12.6. The molecule has 0 radical (unpaired) electrons. The molecule has 0 unspecified atom stereocenters. The Morgan fingerprint density at radius 3 is 2.92 bits per heavy atom. The summed E-state index contributed by atoms with van der Waals surface area (Å²) in [6, 6.07) is 5.16. The van der Waals surface area contributed by atoms with Crippen LogP contribution in [0.25, 0.3) is 22.0 Å². The van der Waals surface area contributed by atoms with Crippen LogP contribution in [0, 0.1) is 5.92 Å². The Morgan fingerprint density at radius 1 is 1.38 bits per heavy atom. The number of carbonyl (C=O) groups excluding carboxylic acids is 1. The average molecular weight is 353 g/mol. The largest absolute Gasteiger partial charge is 0.392 e. The van der Waals surface area contributed by atoms with E-state index in [-0.39, 0.29) is 24.8 Å². The van der Waals surface area contributed by atoms with E-state index in [0.29, 0.717) is 28.0 Å².